The van der Waals surface area contributed by atoms with Gasteiger partial charge in [-0.3, -0.25) is 9.48 Å². The summed E-state index contributed by atoms with van der Waals surface area (Å²) in [7, 11) is 0. The van der Waals surface area contributed by atoms with Crippen LogP contribution in [-0.2, 0) is 30.5 Å². The van der Waals surface area contributed by atoms with E-state index in [1.54, 1.807) is 30.3 Å². The van der Waals surface area contributed by atoms with Crippen LogP contribution in [0.5, 0.6) is 5.75 Å². The topological polar surface area (TPSA) is 64.3 Å². The van der Waals surface area contributed by atoms with E-state index >= 15 is 0 Å². The van der Waals surface area contributed by atoms with Crippen molar-refractivity contribution in [2.75, 3.05) is 0 Å². The second-order valence-corrected chi connectivity index (χ2v) is 10.5. The Morgan fingerprint density at radius 3 is 2.38 bits per heavy atom. The second-order valence-electron chi connectivity index (χ2n) is 10.0. The summed E-state index contributed by atoms with van der Waals surface area (Å²) < 4.78 is 63.8. The first-order chi connectivity index (χ1) is 19.9. The number of ether oxygens (including phenoxy) is 1. The van der Waals surface area contributed by atoms with Gasteiger partial charge >= 0.3 is 12.1 Å². The van der Waals surface area contributed by atoms with Crippen molar-refractivity contribution >= 4 is 28.5 Å². The summed E-state index contributed by atoms with van der Waals surface area (Å²) in [4.78, 5) is 11.2. The molecule has 0 aliphatic carbocycles. The van der Waals surface area contributed by atoms with Gasteiger partial charge in [0.1, 0.15) is 23.7 Å². The van der Waals surface area contributed by atoms with Crippen LogP contribution in [0.4, 0.5) is 17.6 Å². The van der Waals surface area contributed by atoms with Crippen molar-refractivity contribution in [3.8, 4) is 17.0 Å². The van der Waals surface area contributed by atoms with Gasteiger partial charge in [-0.15, -0.1) is 0 Å². The Balaban J connectivity index is 1.53. The van der Waals surface area contributed by atoms with Gasteiger partial charge in [-0.25, -0.2) is 4.39 Å². The van der Waals surface area contributed by atoms with Crippen molar-refractivity contribution in [2.45, 2.75) is 39.6 Å². The number of nitrogens with zero attached hydrogens (tertiary/aromatic N) is 2. The summed E-state index contributed by atoms with van der Waals surface area (Å²) in [5, 5.41) is 13.9. The highest BCUT2D eigenvalue weighted by atomic mass is 35.5. The lowest BCUT2D eigenvalue weighted by Gasteiger charge is -2.14. The average Bonchev–Trinajstić information content (AvgIpc) is 3.28. The summed E-state index contributed by atoms with van der Waals surface area (Å²) in [5.74, 6) is -1.04. The zero-order chi connectivity index (χ0) is 30.2. The Morgan fingerprint density at radius 1 is 0.952 bits per heavy atom. The van der Waals surface area contributed by atoms with E-state index < -0.39 is 23.5 Å². The van der Waals surface area contributed by atoms with Gasteiger partial charge in [-0.05, 0) is 66.4 Å². The summed E-state index contributed by atoms with van der Waals surface area (Å²) in [6, 6.07) is 18.6. The fourth-order valence-electron chi connectivity index (χ4n) is 4.95. The molecule has 0 fully saturated rings. The Morgan fingerprint density at radius 2 is 1.67 bits per heavy atom. The minimum atomic E-state index is -4.64. The number of hydrogen-bond donors (Lipinski definition) is 1. The number of aromatic nitrogens is 2. The molecule has 5 aromatic rings. The molecule has 1 heterocycles. The number of aliphatic carboxylic acids is 1. The smallest absolute Gasteiger partial charge is 0.418 e. The fourth-order valence-corrected chi connectivity index (χ4v) is 5.11. The standard InChI is InChI=1S/C32H25ClF4N2O3/c1-18-12-23(19(2)11-22(18)14-29(40)41)17-42-25-6-3-5-20(13-25)31-26-7-4-8-27(32(35,36)37)30(26)38-39(31)16-21-9-10-24(33)15-28(21)34/h3-13,15H,14,16-17H2,1-2H3,(H,40,41). The lowest BCUT2D eigenvalue weighted by atomic mass is 9.98. The van der Waals surface area contributed by atoms with Crippen molar-refractivity contribution < 1.29 is 32.2 Å². The SMILES string of the molecule is Cc1cc(CC(=O)O)c(C)cc1COc1cccc(-c2c3cccc(C(F)(F)F)c3nn2Cc2ccc(Cl)cc2F)c1. The third-order valence-electron chi connectivity index (χ3n) is 7.05. The molecular formula is C32H25ClF4N2O3. The summed E-state index contributed by atoms with van der Waals surface area (Å²) in [5.41, 5.74) is 3.30. The lowest BCUT2D eigenvalue weighted by molar-refractivity contribution is -0.137. The molecule has 42 heavy (non-hydrogen) atoms. The molecule has 0 amide bonds. The van der Waals surface area contributed by atoms with Crippen LogP contribution in [0.1, 0.15) is 33.4 Å². The maximum atomic E-state index is 14.7. The molecule has 0 atom stereocenters. The molecule has 0 radical (unpaired) electrons. The van der Waals surface area contributed by atoms with Crippen LogP contribution in [0.25, 0.3) is 22.2 Å². The van der Waals surface area contributed by atoms with E-state index in [4.69, 9.17) is 21.4 Å². The molecule has 0 aliphatic heterocycles. The highest BCUT2D eigenvalue weighted by Crippen LogP contribution is 2.39. The Labute approximate surface area is 243 Å². The van der Waals surface area contributed by atoms with Crippen molar-refractivity contribution in [1.82, 2.24) is 9.78 Å². The van der Waals surface area contributed by atoms with Gasteiger partial charge in [-0.2, -0.15) is 18.3 Å². The molecule has 216 valence electrons. The van der Waals surface area contributed by atoms with Crippen molar-refractivity contribution in [3.05, 3.63) is 117 Å². The zero-order valence-electron chi connectivity index (χ0n) is 22.6. The average molecular weight is 597 g/mol. The van der Waals surface area contributed by atoms with Gasteiger partial charge in [0.15, 0.2) is 0 Å². The number of fused-ring (bicyclic) bond motifs is 1. The second kappa shape index (κ2) is 11.5. The van der Waals surface area contributed by atoms with Crippen LogP contribution in [0.3, 0.4) is 0 Å². The predicted molar refractivity (Wildman–Crippen MR) is 152 cm³/mol. The van der Waals surface area contributed by atoms with E-state index in [0.717, 1.165) is 34.4 Å². The molecule has 1 aromatic heterocycles. The van der Waals surface area contributed by atoms with Crippen LogP contribution in [-0.4, -0.2) is 20.9 Å². The molecule has 5 nitrogen and oxygen atoms in total. The Hall–Kier alpha value is -4.37. The number of halogens is 5. The molecule has 5 rings (SSSR count). The number of carboxylic acid groups (broad SMARTS) is 1. The first-order valence-corrected chi connectivity index (χ1v) is 13.3. The molecule has 0 bridgehead atoms. The number of benzene rings is 4. The van der Waals surface area contributed by atoms with Crippen LogP contribution >= 0.6 is 11.6 Å². The number of aryl methyl sites for hydroxylation is 2. The molecule has 1 N–H and O–H groups in total. The first-order valence-electron chi connectivity index (χ1n) is 13.0. The summed E-state index contributed by atoms with van der Waals surface area (Å²) in [6.07, 6.45) is -4.71. The quantitative estimate of drug-likeness (QED) is 0.183. The van der Waals surface area contributed by atoms with Gasteiger partial charge in [0.05, 0.1) is 24.2 Å². The summed E-state index contributed by atoms with van der Waals surface area (Å²) in [6.45, 7) is 3.78. The van der Waals surface area contributed by atoms with Crippen molar-refractivity contribution in [2.24, 2.45) is 0 Å². The maximum Gasteiger partial charge on any atom is 0.418 e. The Kier molecular flexibility index (Phi) is 7.97. The van der Waals surface area contributed by atoms with Gasteiger partial charge in [0.25, 0.3) is 0 Å². The van der Waals surface area contributed by atoms with E-state index in [1.807, 2.05) is 26.0 Å². The monoisotopic (exact) mass is 596 g/mol. The molecule has 10 heteroatoms. The number of carboxylic acids is 1. The van der Waals surface area contributed by atoms with Crippen LogP contribution < -0.4 is 4.74 Å². The molecule has 0 aliphatic rings. The zero-order valence-corrected chi connectivity index (χ0v) is 23.4. The van der Waals surface area contributed by atoms with Gasteiger partial charge < -0.3 is 9.84 Å². The van der Waals surface area contributed by atoms with Crippen LogP contribution in [0, 0.1) is 19.7 Å². The number of hydrogen-bond acceptors (Lipinski definition) is 3. The first kappa shape index (κ1) is 29.1. The predicted octanol–water partition coefficient (Wildman–Crippen LogP) is 8.39. The number of carbonyl (C=O) groups is 1. The van der Waals surface area contributed by atoms with Gasteiger partial charge in [0.2, 0.25) is 0 Å². The number of alkyl halides is 3. The normalized spacial score (nSPS) is 11.7. The molecule has 0 spiro atoms. The highest BCUT2D eigenvalue weighted by Gasteiger charge is 2.34. The fraction of sp³-hybridized carbons (Fsp3) is 0.188. The van der Waals surface area contributed by atoms with Crippen molar-refractivity contribution in [1.29, 1.82) is 0 Å². The summed E-state index contributed by atoms with van der Waals surface area (Å²) >= 11 is 5.89. The molecule has 0 saturated heterocycles. The van der Waals surface area contributed by atoms with E-state index in [1.165, 1.54) is 22.9 Å². The lowest BCUT2D eigenvalue weighted by Crippen LogP contribution is -2.07. The Bertz CT molecular complexity index is 1810. The molecular weight excluding hydrogens is 572 g/mol. The largest absolute Gasteiger partial charge is 0.489 e. The third-order valence-corrected chi connectivity index (χ3v) is 7.28. The van der Waals surface area contributed by atoms with E-state index in [2.05, 4.69) is 5.10 Å². The minimum Gasteiger partial charge on any atom is -0.489 e. The number of rotatable bonds is 8. The molecule has 0 unspecified atom stereocenters. The van der Waals surface area contributed by atoms with Gasteiger partial charge in [-0.1, -0.05) is 54.1 Å². The molecule has 0 saturated carbocycles. The van der Waals surface area contributed by atoms with Gasteiger partial charge in [0, 0.05) is 21.5 Å². The van der Waals surface area contributed by atoms with Crippen molar-refractivity contribution in [3.63, 3.8) is 0 Å². The van der Waals surface area contributed by atoms with Crippen LogP contribution in [0.15, 0.2) is 72.8 Å². The minimum absolute atomic E-state index is 0.0759. The van der Waals surface area contributed by atoms with E-state index in [0.29, 0.717) is 17.0 Å². The molecule has 4 aromatic carbocycles. The van der Waals surface area contributed by atoms with Crippen LogP contribution in [0.2, 0.25) is 5.02 Å². The highest BCUT2D eigenvalue weighted by molar-refractivity contribution is 6.30. The van der Waals surface area contributed by atoms with E-state index in [9.17, 15) is 22.4 Å². The maximum absolute atomic E-state index is 14.7. The van der Waals surface area contributed by atoms with E-state index in [-0.39, 0.29) is 41.1 Å². The third kappa shape index (κ3) is 6.11.